The second kappa shape index (κ2) is 7.81. The maximum atomic E-state index is 12.1. The van der Waals surface area contributed by atoms with E-state index in [-0.39, 0.29) is 5.57 Å². The van der Waals surface area contributed by atoms with Gasteiger partial charge in [0.2, 0.25) is 0 Å². The largest absolute Gasteiger partial charge is 0.386 e. The molecule has 0 radical (unpaired) electrons. The Morgan fingerprint density at radius 1 is 1.17 bits per heavy atom. The first-order valence-corrected chi connectivity index (χ1v) is 7.36. The maximum Gasteiger partial charge on any atom is 0.267 e. The van der Waals surface area contributed by atoms with Gasteiger partial charge in [0.25, 0.3) is 5.91 Å². The highest BCUT2D eigenvalue weighted by atomic mass is 16.1. The zero-order valence-corrected chi connectivity index (χ0v) is 13.3. The molecule has 0 fully saturated rings. The number of amides is 1. The van der Waals surface area contributed by atoms with Crippen LogP contribution in [-0.2, 0) is 11.3 Å². The van der Waals surface area contributed by atoms with E-state index in [0.29, 0.717) is 12.2 Å². The number of hydrogen-bond acceptors (Lipinski definition) is 3. The molecule has 2 rings (SSSR count). The fourth-order valence-electron chi connectivity index (χ4n) is 2.14. The molecular weight excluding hydrogens is 286 g/mol. The number of anilines is 1. The van der Waals surface area contributed by atoms with E-state index in [1.807, 2.05) is 62.4 Å². The first-order valence-electron chi connectivity index (χ1n) is 7.36. The first-order chi connectivity index (χ1) is 11.1. The quantitative estimate of drug-likeness (QED) is 0.657. The van der Waals surface area contributed by atoms with Gasteiger partial charge in [-0.15, -0.1) is 0 Å². The van der Waals surface area contributed by atoms with Gasteiger partial charge in [-0.3, -0.25) is 4.79 Å². The number of carbonyl (C=O) groups excluding carboxylic acids is 1. The molecule has 0 aromatic heterocycles. The van der Waals surface area contributed by atoms with Crippen LogP contribution < -0.4 is 10.6 Å². The van der Waals surface area contributed by atoms with Crippen molar-refractivity contribution >= 4 is 11.6 Å². The standard InChI is InChI=1S/C19H19N3O/c1-14-6-5-9-18(10-14)22-19(23)17(11-20)13-21-12-16-8-4-3-7-15(16)2/h3-10,13,21H,12H2,1-2H3,(H,22,23)/b17-13-. The molecule has 0 spiro atoms. The number of benzene rings is 2. The zero-order chi connectivity index (χ0) is 16.7. The van der Waals surface area contributed by atoms with Gasteiger partial charge in [-0.1, -0.05) is 36.4 Å². The summed E-state index contributed by atoms with van der Waals surface area (Å²) in [5, 5.41) is 14.9. The normalized spacial score (nSPS) is 10.7. The fraction of sp³-hybridized carbons (Fsp3) is 0.158. The summed E-state index contributed by atoms with van der Waals surface area (Å²) in [5.74, 6) is -0.421. The van der Waals surface area contributed by atoms with Crippen molar-refractivity contribution in [1.82, 2.24) is 5.32 Å². The van der Waals surface area contributed by atoms with E-state index in [1.54, 1.807) is 6.07 Å². The van der Waals surface area contributed by atoms with Crippen LogP contribution in [0.4, 0.5) is 5.69 Å². The van der Waals surface area contributed by atoms with E-state index in [2.05, 4.69) is 10.6 Å². The predicted octanol–water partition coefficient (Wildman–Crippen LogP) is 3.44. The molecule has 0 bridgehead atoms. The second-order valence-corrected chi connectivity index (χ2v) is 5.30. The summed E-state index contributed by atoms with van der Waals surface area (Å²) in [4.78, 5) is 12.1. The highest BCUT2D eigenvalue weighted by Gasteiger charge is 2.09. The number of carbonyl (C=O) groups is 1. The molecule has 116 valence electrons. The van der Waals surface area contributed by atoms with Crippen LogP contribution in [0.3, 0.4) is 0 Å². The fourth-order valence-corrected chi connectivity index (χ4v) is 2.14. The predicted molar refractivity (Wildman–Crippen MR) is 91.5 cm³/mol. The van der Waals surface area contributed by atoms with Crippen molar-refractivity contribution in [1.29, 1.82) is 5.26 Å². The van der Waals surface area contributed by atoms with Gasteiger partial charge >= 0.3 is 0 Å². The molecule has 4 heteroatoms. The maximum absolute atomic E-state index is 12.1. The molecule has 2 aromatic carbocycles. The van der Waals surface area contributed by atoms with E-state index >= 15 is 0 Å². The summed E-state index contributed by atoms with van der Waals surface area (Å²) in [7, 11) is 0. The Labute approximate surface area is 136 Å². The van der Waals surface area contributed by atoms with E-state index in [4.69, 9.17) is 5.26 Å². The van der Waals surface area contributed by atoms with Gasteiger partial charge in [0.1, 0.15) is 11.6 Å². The molecule has 0 aliphatic carbocycles. The van der Waals surface area contributed by atoms with E-state index in [9.17, 15) is 4.79 Å². The number of aryl methyl sites for hydroxylation is 2. The Morgan fingerprint density at radius 2 is 1.96 bits per heavy atom. The van der Waals surface area contributed by atoms with Gasteiger partial charge in [0, 0.05) is 18.4 Å². The Hall–Kier alpha value is -3.06. The number of rotatable bonds is 5. The SMILES string of the molecule is Cc1cccc(NC(=O)/C(C#N)=C\NCc2ccccc2C)c1. The van der Waals surface area contributed by atoms with Gasteiger partial charge in [0.05, 0.1) is 0 Å². The van der Waals surface area contributed by atoms with Crippen molar-refractivity contribution in [3.63, 3.8) is 0 Å². The summed E-state index contributed by atoms with van der Waals surface area (Å²) in [6.07, 6.45) is 1.46. The summed E-state index contributed by atoms with van der Waals surface area (Å²) >= 11 is 0. The van der Waals surface area contributed by atoms with Crippen molar-refractivity contribution in [2.75, 3.05) is 5.32 Å². The minimum Gasteiger partial charge on any atom is -0.386 e. The third kappa shape index (κ3) is 4.72. The Bertz CT molecular complexity index is 772. The molecule has 23 heavy (non-hydrogen) atoms. The van der Waals surface area contributed by atoms with Crippen LogP contribution >= 0.6 is 0 Å². The molecule has 4 nitrogen and oxygen atoms in total. The molecular formula is C19H19N3O. The molecule has 2 aromatic rings. The van der Waals surface area contributed by atoms with Gasteiger partial charge in [0.15, 0.2) is 0 Å². The lowest BCUT2D eigenvalue weighted by Gasteiger charge is -2.07. The zero-order valence-electron chi connectivity index (χ0n) is 13.3. The average Bonchev–Trinajstić information content (AvgIpc) is 2.53. The number of nitrogens with zero attached hydrogens (tertiary/aromatic N) is 1. The van der Waals surface area contributed by atoms with Crippen LogP contribution in [0, 0.1) is 25.2 Å². The summed E-state index contributed by atoms with van der Waals surface area (Å²) < 4.78 is 0. The molecule has 2 N–H and O–H groups in total. The Kier molecular flexibility index (Phi) is 5.54. The van der Waals surface area contributed by atoms with Crippen LogP contribution in [0.2, 0.25) is 0 Å². The molecule has 0 unspecified atom stereocenters. The van der Waals surface area contributed by atoms with Crippen molar-refractivity contribution in [2.45, 2.75) is 20.4 Å². The Morgan fingerprint density at radius 3 is 2.65 bits per heavy atom. The highest BCUT2D eigenvalue weighted by molar-refractivity contribution is 6.06. The minimum absolute atomic E-state index is 0.0418. The van der Waals surface area contributed by atoms with Crippen LogP contribution in [0.1, 0.15) is 16.7 Å². The lowest BCUT2D eigenvalue weighted by atomic mass is 10.1. The topological polar surface area (TPSA) is 64.9 Å². The summed E-state index contributed by atoms with van der Waals surface area (Å²) in [5.41, 5.74) is 4.05. The van der Waals surface area contributed by atoms with Crippen molar-refractivity contribution in [3.05, 3.63) is 77.0 Å². The Balaban J connectivity index is 2.00. The molecule has 0 atom stereocenters. The van der Waals surface area contributed by atoms with Gasteiger partial charge < -0.3 is 10.6 Å². The lowest BCUT2D eigenvalue weighted by Crippen LogP contribution is -2.16. The van der Waals surface area contributed by atoms with Crippen molar-refractivity contribution < 1.29 is 4.79 Å². The third-order valence-electron chi connectivity index (χ3n) is 3.44. The molecule has 0 saturated carbocycles. The third-order valence-corrected chi connectivity index (χ3v) is 3.44. The van der Waals surface area contributed by atoms with Crippen LogP contribution in [0.25, 0.3) is 0 Å². The van der Waals surface area contributed by atoms with Gasteiger partial charge in [-0.25, -0.2) is 0 Å². The van der Waals surface area contributed by atoms with Crippen molar-refractivity contribution in [2.24, 2.45) is 0 Å². The molecule has 1 amide bonds. The molecule has 0 heterocycles. The summed E-state index contributed by atoms with van der Waals surface area (Å²) in [6.45, 7) is 4.53. The number of nitrogens with one attached hydrogen (secondary N) is 2. The van der Waals surface area contributed by atoms with E-state index in [1.165, 1.54) is 6.20 Å². The molecule has 0 saturated heterocycles. The second-order valence-electron chi connectivity index (χ2n) is 5.30. The number of nitriles is 1. The average molecular weight is 305 g/mol. The molecule has 0 aliphatic rings. The van der Waals surface area contributed by atoms with Gasteiger partial charge in [-0.05, 0) is 42.7 Å². The van der Waals surface area contributed by atoms with E-state index in [0.717, 1.165) is 16.7 Å². The van der Waals surface area contributed by atoms with E-state index < -0.39 is 5.91 Å². The lowest BCUT2D eigenvalue weighted by molar-refractivity contribution is -0.112. The van der Waals surface area contributed by atoms with Gasteiger partial charge in [-0.2, -0.15) is 5.26 Å². The monoisotopic (exact) mass is 305 g/mol. The van der Waals surface area contributed by atoms with Crippen LogP contribution in [0.15, 0.2) is 60.3 Å². The summed E-state index contributed by atoms with van der Waals surface area (Å²) in [6, 6.07) is 17.3. The molecule has 0 aliphatic heterocycles. The van der Waals surface area contributed by atoms with Crippen LogP contribution in [0.5, 0.6) is 0 Å². The van der Waals surface area contributed by atoms with Crippen LogP contribution in [-0.4, -0.2) is 5.91 Å². The first kappa shape index (κ1) is 16.3. The number of hydrogen-bond donors (Lipinski definition) is 2. The minimum atomic E-state index is -0.421. The smallest absolute Gasteiger partial charge is 0.267 e. The van der Waals surface area contributed by atoms with Crippen molar-refractivity contribution in [3.8, 4) is 6.07 Å². The highest BCUT2D eigenvalue weighted by Crippen LogP contribution is 2.11.